The number of aromatic amines is 1. The van der Waals surface area contributed by atoms with Crippen LogP contribution in [-0.4, -0.2) is 56.6 Å². The number of carbonyl (C=O) groups excluding carboxylic acids is 1. The first kappa shape index (κ1) is 23.7. The van der Waals surface area contributed by atoms with Crippen LogP contribution in [0.2, 0.25) is 0 Å². The molecule has 3 heterocycles. The Labute approximate surface area is 204 Å². The molecule has 1 aromatic heterocycles. The summed E-state index contributed by atoms with van der Waals surface area (Å²) in [7, 11) is -3.85. The first-order valence-electron chi connectivity index (χ1n) is 11.8. The number of nitrogens with one attached hydrogen (secondary N) is 2. The molecule has 1 fully saturated rings. The highest BCUT2D eigenvalue weighted by Crippen LogP contribution is 2.38. The van der Waals surface area contributed by atoms with Crippen molar-refractivity contribution >= 4 is 32.5 Å². The number of anilines is 1. The number of piperidine rings is 1. The molecule has 2 aromatic carbocycles. The Hall–Kier alpha value is -3.08. The van der Waals surface area contributed by atoms with Crippen LogP contribution in [0.15, 0.2) is 47.5 Å². The molecule has 2 aliphatic heterocycles. The third-order valence-electron chi connectivity index (χ3n) is 6.72. The first-order chi connectivity index (χ1) is 16.8. The van der Waals surface area contributed by atoms with Gasteiger partial charge in [-0.1, -0.05) is 0 Å². The highest BCUT2D eigenvalue weighted by atomic mass is 32.2. The van der Waals surface area contributed by atoms with E-state index in [1.807, 2.05) is 24.4 Å². The van der Waals surface area contributed by atoms with Gasteiger partial charge in [0, 0.05) is 36.3 Å². The van der Waals surface area contributed by atoms with Gasteiger partial charge in [0.25, 0.3) is 0 Å². The Balaban J connectivity index is 1.20. The summed E-state index contributed by atoms with van der Waals surface area (Å²) in [4.78, 5) is 17.1. The van der Waals surface area contributed by atoms with Crippen molar-refractivity contribution in [1.29, 1.82) is 0 Å². The Morgan fingerprint density at radius 1 is 1.20 bits per heavy atom. The van der Waals surface area contributed by atoms with Gasteiger partial charge < -0.3 is 19.8 Å². The molecular formula is C25H30N4O5S. The van der Waals surface area contributed by atoms with Crippen molar-refractivity contribution in [1.82, 2.24) is 9.88 Å². The Kier molecular flexibility index (Phi) is 6.43. The lowest BCUT2D eigenvalue weighted by Crippen LogP contribution is -2.44. The van der Waals surface area contributed by atoms with Crippen molar-refractivity contribution in [2.75, 3.05) is 31.6 Å². The summed E-state index contributed by atoms with van der Waals surface area (Å²) in [5.41, 5.74) is 2.24. The fourth-order valence-electron chi connectivity index (χ4n) is 5.06. The number of hydrogen-bond acceptors (Lipinski definition) is 6. The van der Waals surface area contributed by atoms with Gasteiger partial charge in [-0.3, -0.25) is 9.69 Å². The molecule has 35 heavy (non-hydrogen) atoms. The number of sulfonamides is 1. The number of amides is 1. The zero-order valence-electron chi connectivity index (χ0n) is 19.6. The molecule has 0 spiro atoms. The van der Waals surface area contributed by atoms with Gasteiger partial charge in [0.1, 0.15) is 12.7 Å². The molecule has 2 aliphatic rings. The zero-order valence-corrected chi connectivity index (χ0v) is 20.4. The molecule has 0 saturated carbocycles. The molecule has 9 nitrogen and oxygen atoms in total. The molecule has 0 radical (unpaired) electrons. The number of carbonyl (C=O) groups is 1. The average Bonchev–Trinajstić information content (AvgIpc) is 3.29. The number of hydrogen-bond donors (Lipinski definition) is 3. The van der Waals surface area contributed by atoms with E-state index in [9.17, 15) is 13.2 Å². The first-order valence-corrected chi connectivity index (χ1v) is 13.4. The second-order valence-electron chi connectivity index (χ2n) is 9.38. The van der Waals surface area contributed by atoms with Crippen LogP contribution >= 0.6 is 0 Å². The van der Waals surface area contributed by atoms with E-state index < -0.39 is 10.0 Å². The van der Waals surface area contributed by atoms with Crippen molar-refractivity contribution in [2.45, 2.75) is 37.2 Å². The highest BCUT2D eigenvalue weighted by Gasteiger charge is 2.28. The van der Waals surface area contributed by atoms with Gasteiger partial charge in [0.05, 0.1) is 4.90 Å². The van der Waals surface area contributed by atoms with Crippen molar-refractivity contribution < 1.29 is 22.7 Å². The van der Waals surface area contributed by atoms with E-state index in [0.29, 0.717) is 30.2 Å². The van der Waals surface area contributed by atoms with Gasteiger partial charge in [-0.25, -0.2) is 13.6 Å². The molecule has 0 unspecified atom stereocenters. The largest absolute Gasteiger partial charge is 0.486 e. The van der Waals surface area contributed by atoms with E-state index in [0.717, 1.165) is 54.9 Å². The van der Waals surface area contributed by atoms with Crippen molar-refractivity contribution in [3.8, 4) is 11.5 Å². The lowest BCUT2D eigenvalue weighted by atomic mass is 9.90. The van der Waals surface area contributed by atoms with Gasteiger partial charge >= 0.3 is 0 Å². The Bertz CT molecular complexity index is 1350. The van der Waals surface area contributed by atoms with E-state index in [2.05, 4.69) is 15.2 Å². The fraction of sp³-hybridized carbons (Fsp3) is 0.400. The number of aromatic nitrogens is 1. The van der Waals surface area contributed by atoms with Crippen LogP contribution in [0.25, 0.3) is 10.9 Å². The van der Waals surface area contributed by atoms with Crippen molar-refractivity contribution in [2.24, 2.45) is 11.1 Å². The van der Waals surface area contributed by atoms with Crippen LogP contribution in [0.4, 0.5) is 5.69 Å². The number of fused-ring (bicyclic) bond motifs is 3. The topological polar surface area (TPSA) is 127 Å². The van der Waals surface area contributed by atoms with E-state index in [4.69, 9.17) is 14.6 Å². The van der Waals surface area contributed by atoms with Crippen LogP contribution in [0.3, 0.4) is 0 Å². The van der Waals surface area contributed by atoms with Crippen molar-refractivity contribution in [3.05, 3.63) is 48.2 Å². The molecule has 3 aromatic rings. The molecule has 1 atom stereocenters. The maximum absolute atomic E-state index is 12.1. The smallest absolute Gasteiger partial charge is 0.238 e. The van der Waals surface area contributed by atoms with Gasteiger partial charge in [-0.05, 0) is 80.2 Å². The predicted octanol–water partition coefficient (Wildman–Crippen LogP) is 2.87. The summed E-state index contributed by atoms with van der Waals surface area (Å²) in [6.45, 7) is 4.48. The molecule has 0 aliphatic carbocycles. The Morgan fingerprint density at radius 3 is 2.74 bits per heavy atom. The second-order valence-corrected chi connectivity index (χ2v) is 10.9. The molecule has 10 heteroatoms. The maximum atomic E-state index is 12.1. The summed E-state index contributed by atoms with van der Waals surface area (Å²) in [5, 5.41) is 9.20. The number of primary sulfonamides is 1. The number of nitrogens with zero attached hydrogens (tertiary/aromatic N) is 1. The maximum Gasteiger partial charge on any atom is 0.238 e. The summed E-state index contributed by atoms with van der Waals surface area (Å²) in [6, 6.07) is 10.7. The lowest BCUT2D eigenvalue weighted by Gasteiger charge is -2.36. The monoisotopic (exact) mass is 498 g/mol. The number of benzene rings is 2. The number of nitrogens with two attached hydrogens (primary N) is 1. The van der Waals surface area contributed by atoms with Crippen LogP contribution in [-0.2, 0) is 21.2 Å². The van der Waals surface area contributed by atoms with Gasteiger partial charge in [0.2, 0.25) is 15.9 Å². The number of ether oxygens (including phenoxy) is 2. The number of likely N-dealkylation sites (tertiary alicyclic amines) is 1. The predicted molar refractivity (Wildman–Crippen MR) is 133 cm³/mol. The van der Waals surface area contributed by atoms with Gasteiger partial charge in [-0.15, -0.1) is 0 Å². The van der Waals surface area contributed by atoms with Gasteiger partial charge in [-0.2, -0.15) is 0 Å². The minimum atomic E-state index is -3.85. The minimum absolute atomic E-state index is 0.0529. The minimum Gasteiger partial charge on any atom is -0.486 e. The molecule has 1 saturated heterocycles. The van der Waals surface area contributed by atoms with E-state index >= 15 is 0 Å². The summed E-state index contributed by atoms with van der Waals surface area (Å²) >= 11 is 0. The SMILES string of the molecule is CC(=O)Nc1ccc(S(N)(=O)=O)c(CC2CCN(C[C@H]3COc4ccc5[nH]ccc5c4O3)CC2)c1. The van der Waals surface area contributed by atoms with Gasteiger partial charge in [0.15, 0.2) is 11.5 Å². The van der Waals surface area contributed by atoms with E-state index in [1.165, 1.54) is 13.0 Å². The third-order valence-corrected chi connectivity index (χ3v) is 7.73. The molecule has 0 bridgehead atoms. The third kappa shape index (κ3) is 5.29. The number of H-pyrrole nitrogens is 1. The lowest BCUT2D eigenvalue weighted by molar-refractivity contribution is -0.114. The van der Waals surface area contributed by atoms with Crippen LogP contribution in [0.5, 0.6) is 11.5 Å². The molecule has 186 valence electrons. The quantitative estimate of drug-likeness (QED) is 0.480. The summed E-state index contributed by atoms with van der Waals surface area (Å²) < 4.78 is 36.5. The van der Waals surface area contributed by atoms with E-state index in [1.54, 1.807) is 12.1 Å². The standard InChI is InChI=1S/C25H30N4O5S/c1-16(30)28-19-2-5-24(35(26,31)32)18(13-19)12-17-7-10-29(11-8-17)14-20-15-33-23-4-3-22-21(6-9-27-22)25(23)34-20/h2-6,9,13,17,20,27H,7-8,10-12,14-15H2,1H3,(H,28,30)(H2,26,31,32)/t20-/m0/s1. The second kappa shape index (κ2) is 9.52. The fourth-order valence-corrected chi connectivity index (χ4v) is 5.83. The molecule has 4 N–H and O–H groups in total. The Morgan fingerprint density at radius 2 is 2.00 bits per heavy atom. The summed E-state index contributed by atoms with van der Waals surface area (Å²) in [6.07, 6.45) is 4.30. The van der Waals surface area contributed by atoms with Crippen molar-refractivity contribution in [3.63, 3.8) is 0 Å². The van der Waals surface area contributed by atoms with Crippen LogP contribution in [0.1, 0.15) is 25.3 Å². The average molecular weight is 499 g/mol. The molecule has 1 amide bonds. The van der Waals surface area contributed by atoms with Crippen LogP contribution in [0, 0.1) is 5.92 Å². The normalized spacial score (nSPS) is 19.1. The number of rotatable bonds is 6. The molecule has 5 rings (SSSR count). The van der Waals surface area contributed by atoms with Crippen LogP contribution < -0.4 is 19.9 Å². The summed E-state index contributed by atoms with van der Waals surface area (Å²) in [5.74, 6) is 1.69. The van der Waals surface area contributed by atoms with E-state index in [-0.39, 0.29) is 16.9 Å². The molecular weight excluding hydrogens is 468 g/mol. The highest BCUT2D eigenvalue weighted by molar-refractivity contribution is 7.89. The zero-order chi connectivity index (χ0) is 24.6.